The van der Waals surface area contributed by atoms with Crippen molar-refractivity contribution in [3.05, 3.63) is 41.1 Å². The predicted molar refractivity (Wildman–Crippen MR) is 97.3 cm³/mol. The molecule has 1 aliphatic carbocycles. The molecule has 10 nitrogen and oxygen atoms in total. The van der Waals surface area contributed by atoms with Gasteiger partial charge < -0.3 is 10.6 Å². The van der Waals surface area contributed by atoms with Crippen molar-refractivity contribution in [3.63, 3.8) is 0 Å². The van der Waals surface area contributed by atoms with Crippen molar-refractivity contribution in [2.45, 2.75) is 45.2 Å². The number of amides is 2. The number of hydrogen-bond acceptors (Lipinski definition) is 7. The van der Waals surface area contributed by atoms with Gasteiger partial charge in [-0.1, -0.05) is 5.16 Å². The number of aromatic nitrogens is 5. The molecular formula is C18H19F2N7O3. The lowest BCUT2D eigenvalue weighted by molar-refractivity contribution is -0.133. The number of halogens is 2. The van der Waals surface area contributed by atoms with E-state index in [1.807, 2.05) is 0 Å². The minimum Gasteiger partial charge on any atom is -0.352 e. The molecule has 0 aromatic carbocycles. The molecule has 1 aliphatic rings. The molecule has 158 valence electrons. The largest absolute Gasteiger partial charge is 0.352 e. The van der Waals surface area contributed by atoms with E-state index in [-0.39, 0.29) is 49.9 Å². The van der Waals surface area contributed by atoms with E-state index in [2.05, 4.69) is 35.7 Å². The van der Waals surface area contributed by atoms with Crippen LogP contribution in [0.4, 0.5) is 8.78 Å². The molecule has 0 atom stereocenters. The summed E-state index contributed by atoms with van der Waals surface area (Å²) >= 11 is 0. The first-order valence-electron chi connectivity index (χ1n) is 9.34. The summed E-state index contributed by atoms with van der Waals surface area (Å²) in [7, 11) is 0. The van der Waals surface area contributed by atoms with Gasteiger partial charge >= 0.3 is 0 Å². The number of imidazole rings is 1. The molecule has 0 spiro atoms. The fourth-order valence-electron chi connectivity index (χ4n) is 3.30. The molecule has 0 radical (unpaired) electrons. The van der Waals surface area contributed by atoms with E-state index in [0.717, 1.165) is 5.56 Å². The average Bonchev–Trinajstić information content (AvgIpc) is 3.28. The first-order valence-corrected chi connectivity index (χ1v) is 9.34. The number of aryl methyl sites for hydroxylation is 1. The fraction of sp³-hybridized carbons (Fsp3) is 0.444. The Kier molecular flexibility index (Phi) is 5.14. The highest BCUT2D eigenvalue weighted by molar-refractivity contribution is 5.92. The van der Waals surface area contributed by atoms with Gasteiger partial charge in [0.2, 0.25) is 11.8 Å². The summed E-state index contributed by atoms with van der Waals surface area (Å²) in [5.74, 6) is -3.57. The molecule has 3 aromatic rings. The van der Waals surface area contributed by atoms with Crippen LogP contribution in [0.5, 0.6) is 0 Å². The highest BCUT2D eigenvalue weighted by atomic mass is 19.3. The maximum atomic E-state index is 12.8. The van der Waals surface area contributed by atoms with Gasteiger partial charge in [0, 0.05) is 25.8 Å². The summed E-state index contributed by atoms with van der Waals surface area (Å²) in [5, 5.41) is 16.7. The minimum absolute atomic E-state index is 0.0962. The Morgan fingerprint density at radius 1 is 1.27 bits per heavy atom. The zero-order valence-electron chi connectivity index (χ0n) is 16.1. The maximum absolute atomic E-state index is 12.8. The molecule has 0 saturated heterocycles. The SMILES string of the molecule is Cc1nonc1C(=O)NCc1cn2ncc(CNC(=O)CC3CC(F)(F)C3)cc2n1. The minimum atomic E-state index is -2.62. The smallest absolute Gasteiger partial charge is 0.275 e. The van der Waals surface area contributed by atoms with Crippen molar-refractivity contribution in [1.82, 2.24) is 35.5 Å². The predicted octanol–water partition coefficient (Wildman–Crippen LogP) is 1.40. The molecule has 2 amide bonds. The molecule has 2 N–H and O–H groups in total. The van der Waals surface area contributed by atoms with Crippen LogP contribution in [-0.2, 0) is 17.9 Å². The van der Waals surface area contributed by atoms with Crippen LogP contribution < -0.4 is 10.6 Å². The Balaban J connectivity index is 1.30. The van der Waals surface area contributed by atoms with Gasteiger partial charge in [0.25, 0.3) is 5.91 Å². The monoisotopic (exact) mass is 419 g/mol. The topological polar surface area (TPSA) is 127 Å². The van der Waals surface area contributed by atoms with Gasteiger partial charge in [-0.3, -0.25) is 9.59 Å². The normalized spacial score (nSPS) is 15.7. The van der Waals surface area contributed by atoms with Crippen LogP contribution >= 0.6 is 0 Å². The van der Waals surface area contributed by atoms with E-state index in [0.29, 0.717) is 17.0 Å². The van der Waals surface area contributed by atoms with Crippen molar-refractivity contribution < 1.29 is 23.0 Å². The van der Waals surface area contributed by atoms with Crippen LogP contribution in [-0.4, -0.2) is 42.6 Å². The third kappa shape index (κ3) is 4.42. The van der Waals surface area contributed by atoms with Gasteiger partial charge in [0.15, 0.2) is 11.3 Å². The van der Waals surface area contributed by atoms with Crippen molar-refractivity contribution in [2.24, 2.45) is 5.92 Å². The maximum Gasteiger partial charge on any atom is 0.275 e. The van der Waals surface area contributed by atoms with Crippen LogP contribution in [0, 0.1) is 12.8 Å². The molecular weight excluding hydrogens is 400 g/mol. The van der Waals surface area contributed by atoms with Crippen molar-refractivity contribution in [3.8, 4) is 0 Å². The molecule has 4 rings (SSSR count). The number of rotatable bonds is 7. The van der Waals surface area contributed by atoms with Gasteiger partial charge in [0.1, 0.15) is 5.69 Å². The Bertz CT molecular complexity index is 1090. The number of alkyl halides is 2. The lowest BCUT2D eigenvalue weighted by atomic mass is 9.79. The van der Waals surface area contributed by atoms with Gasteiger partial charge in [-0.25, -0.2) is 22.9 Å². The highest BCUT2D eigenvalue weighted by Gasteiger charge is 2.45. The third-order valence-corrected chi connectivity index (χ3v) is 4.86. The van der Waals surface area contributed by atoms with Crippen LogP contribution in [0.15, 0.2) is 23.1 Å². The summed E-state index contributed by atoms with van der Waals surface area (Å²) in [6, 6.07) is 1.75. The van der Waals surface area contributed by atoms with E-state index in [4.69, 9.17) is 0 Å². The lowest BCUT2D eigenvalue weighted by Crippen LogP contribution is -2.38. The summed E-state index contributed by atoms with van der Waals surface area (Å²) < 4.78 is 31.7. The number of carbonyl (C=O) groups is 2. The third-order valence-electron chi connectivity index (χ3n) is 4.86. The van der Waals surface area contributed by atoms with Gasteiger partial charge in [-0.05, 0) is 29.6 Å². The number of fused-ring (bicyclic) bond motifs is 1. The van der Waals surface area contributed by atoms with E-state index >= 15 is 0 Å². The summed E-state index contributed by atoms with van der Waals surface area (Å²) in [6.07, 6.45) is 2.89. The second-order valence-corrected chi connectivity index (χ2v) is 7.39. The fourth-order valence-corrected chi connectivity index (χ4v) is 3.30. The van der Waals surface area contributed by atoms with Crippen LogP contribution in [0.3, 0.4) is 0 Å². The molecule has 1 saturated carbocycles. The summed E-state index contributed by atoms with van der Waals surface area (Å²) in [5.41, 5.74) is 2.35. The number of hydrogen-bond donors (Lipinski definition) is 2. The molecule has 0 bridgehead atoms. The number of nitrogens with zero attached hydrogens (tertiary/aromatic N) is 5. The van der Waals surface area contributed by atoms with Gasteiger partial charge in [-0.2, -0.15) is 5.10 Å². The van der Waals surface area contributed by atoms with Crippen LogP contribution in [0.1, 0.15) is 46.7 Å². The molecule has 0 aliphatic heterocycles. The quantitative estimate of drug-likeness (QED) is 0.593. The number of nitrogens with one attached hydrogen (secondary N) is 2. The standard InChI is InChI=1S/C18H19F2N7O3/c1-10-16(26-30-25-10)17(29)22-8-13-9-27-14(24-13)2-12(7-23-27)6-21-15(28)3-11-4-18(19,20)5-11/h2,7,9,11H,3-6,8H2,1H3,(H,21,28)(H,22,29). The second kappa shape index (κ2) is 7.76. The number of carbonyl (C=O) groups excluding carboxylic acids is 2. The van der Waals surface area contributed by atoms with Gasteiger partial charge in [-0.15, -0.1) is 0 Å². The van der Waals surface area contributed by atoms with E-state index < -0.39 is 11.8 Å². The zero-order chi connectivity index (χ0) is 21.3. The first-order chi connectivity index (χ1) is 14.3. The second-order valence-electron chi connectivity index (χ2n) is 7.39. The van der Waals surface area contributed by atoms with Crippen LogP contribution in [0.25, 0.3) is 5.65 Å². The van der Waals surface area contributed by atoms with Gasteiger partial charge in [0.05, 0.1) is 24.6 Å². The van der Waals surface area contributed by atoms with E-state index in [1.165, 1.54) is 0 Å². The Labute approximate surface area is 169 Å². The van der Waals surface area contributed by atoms with E-state index in [9.17, 15) is 18.4 Å². The molecule has 12 heteroatoms. The Morgan fingerprint density at radius 3 is 2.77 bits per heavy atom. The van der Waals surface area contributed by atoms with Crippen molar-refractivity contribution in [2.75, 3.05) is 0 Å². The Hall–Kier alpha value is -3.44. The van der Waals surface area contributed by atoms with Crippen LogP contribution in [0.2, 0.25) is 0 Å². The zero-order valence-corrected chi connectivity index (χ0v) is 16.1. The first kappa shape index (κ1) is 19.9. The summed E-state index contributed by atoms with van der Waals surface area (Å²) in [4.78, 5) is 28.4. The molecule has 30 heavy (non-hydrogen) atoms. The molecule has 0 unspecified atom stereocenters. The Morgan fingerprint density at radius 2 is 2.07 bits per heavy atom. The van der Waals surface area contributed by atoms with Crippen molar-refractivity contribution in [1.29, 1.82) is 0 Å². The molecule has 3 heterocycles. The molecule has 1 fully saturated rings. The summed E-state index contributed by atoms with van der Waals surface area (Å²) in [6.45, 7) is 2.00. The van der Waals surface area contributed by atoms with E-state index in [1.54, 1.807) is 29.9 Å². The molecule has 3 aromatic heterocycles. The lowest BCUT2D eigenvalue weighted by Gasteiger charge is -2.34. The average molecular weight is 419 g/mol. The van der Waals surface area contributed by atoms with Crippen molar-refractivity contribution >= 4 is 17.5 Å². The highest BCUT2D eigenvalue weighted by Crippen LogP contribution is 2.43.